The first-order chi connectivity index (χ1) is 15.7. The number of nitrogens with one attached hydrogen (secondary N) is 1. The van der Waals surface area contributed by atoms with Gasteiger partial charge in [-0.1, -0.05) is 24.3 Å². The third-order valence-corrected chi connectivity index (χ3v) is 5.95. The van der Waals surface area contributed by atoms with Gasteiger partial charge in [-0.3, -0.25) is 4.98 Å². The van der Waals surface area contributed by atoms with Crippen molar-refractivity contribution in [1.29, 1.82) is 0 Å². The summed E-state index contributed by atoms with van der Waals surface area (Å²) in [6.45, 7) is 2.62. The molecule has 1 aliphatic rings. The van der Waals surface area contributed by atoms with Crippen LogP contribution in [0.25, 0.3) is 5.69 Å². The van der Waals surface area contributed by atoms with E-state index < -0.39 is 0 Å². The fraction of sp³-hybridized carbons (Fsp3) is 0.154. The molecule has 1 N–H and O–H groups in total. The van der Waals surface area contributed by atoms with Gasteiger partial charge in [0.1, 0.15) is 5.75 Å². The Morgan fingerprint density at radius 2 is 1.72 bits per heavy atom. The lowest BCUT2D eigenvalue weighted by molar-refractivity contribution is 0.340. The average molecular weight is 441 g/mol. The van der Waals surface area contributed by atoms with Crippen LogP contribution in [0.2, 0.25) is 0 Å². The van der Waals surface area contributed by atoms with E-state index in [0.29, 0.717) is 11.7 Å². The zero-order valence-electron chi connectivity index (χ0n) is 17.8. The van der Waals surface area contributed by atoms with E-state index in [1.54, 1.807) is 0 Å². The molecule has 0 bridgehead atoms. The smallest absolute Gasteiger partial charge is 0.174 e. The summed E-state index contributed by atoms with van der Waals surface area (Å²) in [5, 5.41) is 4.19. The highest BCUT2D eigenvalue weighted by atomic mass is 32.1. The minimum atomic E-state index is -0.0677. The van der Waals surface area contributed by atoms with E-state index >= 15 is 0 Å². The van der Waals surface area contributed by atoms with Crippen molar-refractivity contribution >= 4 is 23.0 Å². The van der Waals surface area contributed by atoms with E-state index in [1.165, 1.54) is 0 Å². The summed E-state index contributed by atoms with van der Waals surface area (Å²) in [5.41, 5.74) is 4.25. The van der Waals surface area contributed by atoms with Crippen molar-refractivity contribution in [2.24, 2.45) is 0 Å². The maximum absolute atomic E-state index is 5.81. The molecule has 2 atom stereocenters. The third kappa shape index (κ3) is 3.85. The van der Waals surface area contributed by atoms with Gasteiger partial charge in [0, 0.05) is 30.0 Å². The first kappa shape index (κ1) is 20.3. The summed E-state index contributed by atoms with van der Waals surface area (Å²) in [7, 11) is 0. The largest absolute Gasteiger partial charge is 0.494 e. The summed E-state index contributed by atoms with van der Waals surface area (Å²) in [6.07, 6.45) is 6.09. The number of pyridine rings is 1. The first-order valence-electron chi connectivity index (χ1n) is 10.7. The minimum Gasteiger partial charge on any atom is -0.494 e. The molecule has 5 rings (SSSR count). The van der Waals surface area contributed by atoms with Crippen molar-refractivity contribution in [3.63, 3.8) is 0 Å². The predicted octanol–water partition coefficient (Wildman–Crippen LogP) is 5.45. The zero-order chi connectivity index (χ0) is 21.9. The molecule has 0 unspecified atom stereocenters. The van der Waals surface area contributed by atoms with Gasteiger partial charge in [-0.25, -0.2) is 0 Å². The van der Waals surface area contributed by atoms with Gasteiger partial charge in [0.15, 0.2) is 5.11 Å². The predicted molar refractivity (Wildman–Crippen MR) is 131 cm³/mol. The van der Waals surface area contributed by atoms with Gasteiger partial charge in [0.25, 0.3) is 0 Å². The SMILES string of the molecule is CCOc1ccc(N2C(=S)N[C@H](c3ccccn3)[C@H]2c2ccn(-c3ccccc3)c2)cc1. The lowest BCUT2D eigenvalue weighted by Crippen LogP contribution is -2.29. The minimum absolute atomic E-state index is 0.0414. The Bertz CT molecular complexity index is 1190. The van der Waals surface area contributed by atoms with Gasteiger partial charge in [-0.15, -0.1) is 0 Å². The second-order valence-corrected chi connectivity index (χ2v) is 8.00. The number of para-hydroxylation sites is 1. The van der Waals surface area contributed by atoms with E-state index in [9.17, 15) is 0 Å². The molecule has 3 heterocycles. The number of benzene rings is 2. The Morgan fingerprint density at radius 1 is 0.938 bits per heavy atom. The number of thiocarbonyl (C=S) groups is 1. The summed E-state index contributed by atoms with van der Waals surface area (Å²) in [4.78, 5) is 6.80. The van der Waals surface area contributed by atoms with E-state index in [0.717, 1.165) is 28.4 Å². The van der Waals surface area contributed by atoms with Crippen LogP contribution in [-0.4, -0.2) is 21.3 Å². The summed E-state index contributed by atoms with van der Waals surface area (Å²) < 4.78 is 7.77. The number of aromatic nitrogens is 2. The van der Waals surface area contributed by atoms with E-state index in [4.69, 9.17) is 17.0 Å². The third-order valence-electron chi connectivity index (χ3n) is 5.64. The maximum Gasteiger partial charge on any atom is 0.174 e. The Morgan fingerprint density at radius 3 is 2.44 bits per heavy atom. The first-order valence-corrected chi connectivity index (χ1v) is 11.1. The Labute approximate surface area is 193 Å². The summed E-state index contributed by atoms with van der Waals surface area (Å²) >= 11 is 5.81. The highest BCUT2D eigenvalue weighted by molar-refractivity contribution is 7.80. The second-order valence-electron chi connectivity index (χ2n) is 7.61. The van der Waals surface area contributed by atoms with Gasteiger partial charge in [0.05, 0.1) is 24.4 Å². The van der Waals surface area contributed by atoms with Crippen molar-refractivity contribution in [3.8, 4) is 11.4 Å². The van der Waals surface area contributed by atoms with Crippen LogP contribution in [0.5, 0.6) is 5.75 Å². The summed E-state index contributed by atoms with van der Waals surface area (Å²) in [6, 6.07) is 26.4. The van der Waals surface area contributed by atoms with Crippen LogP contribution in [0.4, 0.5) is 5.69 Å². The molecular weight excluding hydrogens is 416 g/mol. The molecule has 0 aliphatic carbocycles. The topological polar surface area (TPSA) is 42.3 Å². The van der Waals surface area contributed by atoms with Gasteiger partial charge in [-0.05, 0) is 79.3 Å². The van der Waals surface area contributed by atoms with Crippen LogP contribution in [0.15, 0.2) is 97.5 Å². The molecule has 6 heteroatoms. The molecule has 1 aliphatic heterocycles. The van der Waals surface area contributed by atoms with Crippen LogP contribution in [0.3, 0.4) is 0 Å². The lowest BCUT2D eigenvalue weighted by Gasteiger charge is -2.27. The van der Waals surface area contributed by atoms with E-state index in [-0.39, 0.29) is 12.1 Å². The fourth-order valence-electron chi connectivity index (χ4n) is 4.19. The standard InChI is InChI=1S/C26H24N4OS/c1-2-31-22-13-11-21(12-14-22)30-25(24(28-26(30)32)23-10-6-7-16-27-23)19-15-17-29(18-19)20-8-4-3-5-9-20/h3-18,24-25H,2H2,1H3,(H,28,32)/t24-,25-/m1/s1. The molecule has 160 valence electrons. The van der Waals surface area contributed by atoms with Gasteiger partial charge < -0.3 is 19.5 Å². The van der Waals surface area contributed by atoms with Crippen molar-refractivity contribution in [1.82, 2.24) is 14.9 Å². The monoisotopic (exact) mass is 440 g/mol. The number of hydrogen-bond acceptors (Lipinski definition) is 3. The van der Waals surface area contributed by atoms with Gasteiger partial charge >= 0.3 is 0 Å². The normalized spacial score (nSPS) is 17.9. The van der Waals surface area contributed by atoms with Crippen LogP contribution in [0.1, 0.15) is 30.3 Å². The van der Waals surface area contributed by atoms with E-state index in [2.05, 4.69) is 62.5 Å². The molecule has 5 nitrogen and oxygen atoms in total. The molecule has 2 aromatic heterocycles. The van der Waals surface area contributed by atoms with Crippen molar-refractivity contribution in [2.75, 3.05) is 11.5 Å². The van der Waals surface area contributed by atoms with Crippen molar-refractivity contribution < 1.29 is 4.74 Å². The van der Waals surface area contributed by atoms with Crippen molar-refractivity contribution in [2.45, 2.75) is 19.0 Å². The number of nitrogens with zero attached hydrogens (tertiary/aromatic N) is 3. The number of ether oxygens (including phenoxy) is 1. The molecule has 0 saturated carbocycles. The van der Waals surface area contributed by atoms with Crippen LogP contribution < -0.4 is 15.0 Å². The van der Waals surface area contributed by atoms with Crippen LogP contribution in [0, 0.1) is 0 Å². The fourth-order valence-corrected chi connectivity index (χ4v) is 4.54. The zero-order valence-corrected chi connectivity index (χ0v) is 18.6. The van der Waals surface area contributed by atoms with Crippen molar-refractivity contribution in [3.05, 3.63) is 109 Å². The molecule has 0 spiro atoms. The number of anilines is 1. The Hall–Kier alpha value is -3.64. The quantitative estimate of drug-likeness (QED) is 0.404. The molecule has 4 aromatic rings. The van der Waals surface area contributed by atoms with Crippen LogP contribution >= 0.6 is 12.2 Å². The average Bonchev–Trinajstić information content (AvgIpc) is 3.46. The molecule has 2 aromatic carbocycles. The Kier molecular flexibility index (Phi) is 5.60. The number of rotatable bonds is 6. The highest BCUT2D eigenvalue weighted by Crippen LogP contribution is 2.42. The number of hydrogen-bond donors (Lipinski definition) is 1. The summed E-state index contributed by atoms with van der Waals surface area (Å²) in [5.74, 6) is 0.849. The second kappa shape index (κ2) is 8.85. The van der Waals surface area contributed by atoms with Gasteiger partial charge in [-0.2, -0.15) is 0 Å². The molecule has 1 fully saturated rings. The van der Waals surface area contributed by atoms with Crippen LogP contribution in [-0.2, 0) is 0 Å². The molecular formula is C26H24N4OS. The van der Waals surface area contributed by atoms with E-state index in [1.807, 2.05) is 61.7 Å². The molecule has 0 radical (unpaired) electrons. The highest BCUT2D eigenvalue weighted by Gasteiger charge is 2.41. The molecule has 1 saturated heterocycles. The Balaban J connectivity index is 1.56. The van der Waals surface area contributed by atoms with Gasteiger partial charge in [0.2, 0.25) is 0 Å². The maximum atomic E-state index is 5.81. The molecule has 0 amide bonds. The molecule has 32 heavy (non-hydrogen) atoms. The lowest BCUT2D eigenvalue weighted by atomic mass is 9.98.